The van der Waals surface area contributed by atoms with Gasteiger partial charge in [-0.2, -0.15) is 4.68 Å². The monoisotopic (exact) mass is 358 g/mol. The number of anilines is 1. The average Bonchev–Trinajstić information content (AvgIpc) is 3.13. The van der Waals surface area contributed by atoms with Gasteiger partial charge in [0.15, 0.2) is 0 Å². The number of ether oxygens (including phenoxy) is 1. The maximum absolute atomic E-state index is 12.6. The number of rotatable bonds is 5. The van der Waals surface area contributed by atoms with E-state index in [0.29, 0.717) is 27.8 Å². The molecular weight excluding hydrogens is 340 g/mol. The molecule has 7 nitrogen and oxygen atoms in total. The standard InChI is InChI=1S/C17H18N4O3S/c1-10-9-25-17(18-10)21-16(23)14(11(2)20-21)8-15(22)19-12-5-4-6-13(7-12)24-3/h4-7,9,20H,8H2,1-3H3,(H,19,22). The molecule has 0 radical (unpaired) electrons. The summed E-state index contributed by atoms with van der Waals surface area (Å²) >= 11 is 1.37. The average molecular weight is 358 g/mol. The molecule has 1 aromatic carbocycles. The Morgan fingerprint density at radius 1 is 1.40 bits per heavy atom. The smallest absolute Gasteiger partial charge is 0.277 e. The van der Waals surface area contributed by atoms with Gasteiger partial charge in [-0.05, 0) is 26.0 Å². The molecule has 8 heteroatoms. The third-order valence-electron chi connectivity index (χ3n) is 3.68. The van der Waals surface area contributed by atoms with Crippen molar-refractivity contribution in [3.8, 4) is 10.9 Å². The summed E-state index contributed by atoms with van der Waals surface area (Å²) in [5, 5.41) is 8.19. The number of thiazole rings is 1. The molecule has 0 aliphatic rings. The number of H-pyrrole nitrogens is 1. The number of aromatic nitrogens is 3. The lowest BCUT2D eigenvalue weighted by Gasteiger charge is -2.06. The first-order valence-electron chi connectivity index (χ1n) is 7.65. The minimum Gasteiger partial charge on any atom is -0.497 e. The Hall–Kier alpha value is -2.87. The van der Waals surface area contributed by atoms with Crippen LogP contribution >= 0.6 is 11.3 Å². The van der Waals surface area contributed by atoms with Gasteiger partial charge in [-0.15, -0.1) is 11.3 Å². The van der Waals surface area contributed by atoms with E-state index in [4.69, 9.17) is 4.74 Å². The number of carbonyl (C=O) groups is 1. The number of amides is 1. The number of hydrogen-bond acceptors (Lipinski definition) is 5. The number of nitrogens with one attached hydrogen (secondary N) is 2. The summed E-state index contributed by atoms with van der Waals surface area (Å²) in [6, 6.07) is 7.06. The minimum atomic E-state index is -0.269. The van der Waals surface area contributed by atoms with E-state index in [1.165, 1.54) is 16.0 Å². The molecule has 130 valence electrons. The Balaban J connectivity index is 1.79. The first kappa shape index (κ1) is 17.0. The number of hydrogen-bond donors (Lipinski definition) is 2. The van der Waals surface area contributed by atoms with E-state index in [1.807, 2.05) is 12.3 Å². The Morgan fingerprint density at radius 2 is 2.20 bits per heavy atom. The van der Waals surface area contributed by atoms with Gasteiger partial charge < -0.3 is 10.1 Å². The molecule has 0 saturated heterocycles. The van der Waals surface area contributed by atoms with E-state index < -0.39 is 0 Å². The van der Waals surface area contributed by atoms with Crippen molar-refractivity contribution in [2.45, 2.75) is 20.3 Å². The topological polar surface area (TPSA) is 89.0 Å². The summed E-state index contributed by atoms with van der Waals surface area (Å²) in [6.07, 6.45) is -0.0181. The van der Waals surface area contributed by atoms with Crippen LogP contribution in [0.25, 0.3) is 5.13 Å². The first-order valence-corrected chi connectivity index (χ1v) is 8.53. The largest absolute Gasteiger partial charge is 0.497 e. The summed E-state index contributed by atoms with van der Waals surface area (Å²) in [4.78, 5) is 29.2. The van der Waals surface area contributed by atoms with E-state index in [9.17, 15) is 9.59 Å². The molecule has 25 heavy (non-hydrogen) atoms. The first-order chi connectivity index (χ1) is 12.0. The van der Waals surface area contributed by atoms with Crippen LogP contribution in [-0.4, -0.2) is 27.8 Å². The van der Waals surface area contributed by atoms with Crippen molar-refractivity contribution in [1.82, 2.24) is 14.8 Å². The van der Waals surface area contributed by atoms with E-state index in [2.05, 4.69) is 15.4 Å². The predicted octanol–water partition coefficient (Wildman–Crippen LogP) is 2.43. The third kappa shape index (κ3) is 3.63. The van der Waals surface area contributed by atoms with Crippen molar-refractivity contribution in [2.75, 3.05) is 12.4 Å². The Morgan fingerprint density at radius 3 is 2.88 bits per heavy atom. The molecule has 0 atom stereocenters. The third-order valence-corrected chi connectivity index (χ3v) is 4.63. The highest BCUT2D eigenvalue weighted by Gasteiger charge is 2.17. The summed E-state index contributed by atoms with van der Waals surface area (Å²) in [5.74, 6) is 0.382. The fourth-order valence-corrected chi connectivity index (χ4v) is 3.19. The lowest BCUT2D eigenvalue weighted by Crippen LogP contribution is -2.22. The Bertz CT molecular complexity index is 970. The molecule has 2 N–H and O–H groups in total. The molecule has 1 amide bonds. The van der Waals surface area contributed by atoms with Crippen LogP contribution in [0, 0.1) is 13.8 Å². The van der Waals surface area contributed by atoms with Crippen molar-refractivity contribution in [2.24, 2.45) is 0 Å². The van der Waals surface area contributed by atoms with Crippen LogP contribution in [-0.2, 0) is 11.2 Å². The molecule has 2 heterocycles. The molecule has 0 saturated carbocycles. The molecule has 0 spiro atoms. The second kappa shape index (κ2) is 6.94. The van der Waals surface area contributed by atoms with Crippen LogP contribution in [0.5, 0.6) is 5.75 Å². The van der Waals surface area contributed by atoms with E-state index in [-0.39, 0.29) is 17.9 Å². The van der Waals surface area contributed by atoms with E-state index >= 15 is 0 Å². The maximum Gasteiger partial charge on any atom is 0.277 e. The lowest BCUT2D eigenvalue weighted by atomic mass is 10.2. The van der Waals surface area contributed by atoms with Crippen LogP contribution in [0.4, 0.5) is 5.69 Å². The van der Waals surface area contributed by atoms with Crippen LogP contribution in [0.3, 0.4) is 0 Å². The van der Waals surface area contributed by atoms with Crippen molar-refractivity contribution >= 4 is 22.9 Å². The quantitative estimate of drug-likeness (QED) is 0.733. The summed E-state index contributed by atoms with van der Waals surface area (Å²) in [6.45, 7) is 3.63. The second-order valence-corrected chi connectivity index (χ2v) is 6.42. The molecular formula is C17H18N4O3S. The number of nitrogens with zero attached hydrogens (tertiary/aromatic N) is 2. The molecule has 3 aromatic rings. The Labute approximate surface area is 148 Å². The zero-order valence-electron chi connectivity index (χ0n) is 14.1. The molecule has 2 aromatic heterocycles. The number of carbonyl (C=O) groups excluding carboxylic acids is 1. The van der Waals surface area contributed by atoms with Gasteiger partial charge in [-0.3, -0.25) is 14.7 Å². The number of benzene rings is 1. The number of methoxy groups -OCH3 is 1. The zero-order valence-corrected chi connectivity index (χ0v) is 14.9. The van der Waals surface area contributed by atoms with E-state index in [1.54, 1.807) is 38.3 Å². The van der Waals surface area contributed by atoms with Gasteiger partial charge in [0.2, 0.25) is 11.0 Å². The fourth-order valence-electron chi connectivity index (χ4n) is 2.44. The normalized spacial score (nSPS) is 10.7. The van der Waals surface area contributed by atoms with Crippen molar-refractivity contribution in [3.05, 3.63) is 57.0 Å². The van der Waals surface area contributed by atoms with Gasteiger partial charge in [-0.25, -0.2) is 4.98 Å². The SMILES string of the molecule is COc1cccc(NC(=O)Cc2c(C)[nH]n(-c3nc(C)cs3)c2=O)c1. The highest BCUT2D eigenvalue weighted by Crippen LogP contribution is 2.17. The zero-order chi connectivity index (χ0) is 18.0. The van der Waals surface area contributed by atoms with Gasteiger partial charge in [0.25, 0.3) is 5.56 Å². The maximum atomic E-state index is 12.6. The Kier molecular flexibility index (Phi) is 4.71. The van der Waals surface area contributed by atoms with Gasteiger partial charge >= 0.3 is 0 Å². The minimum absolute atomic E-state index is 0.0181. The van der Waals surface area contributed by atoms with Gasteiger partial charge in [0.1, 0.15) is 5.75 Å². The van der Waals surface area contributed by atoms with Crippen LogP contribution < -0.4 is 15.6 Å². The molecule has 3 rings (SSSR count). The number of aryl methyl sites for hydroxylation is 2. The molecule has 0 unspecified atom stereocenters. The highest BCUT2D eigenvalue weighted by molar-refractivity contribution is 7.12. The van der Waals surface area contributed by atoms with E-state index in [0.717, 1.165) is 5.69 Å². The second-order valence-electron chi connectivity index (χ2n) is 5.58. The molecule has 0 fully saturated rings. The highest BCUT2D eigenvalue weighted by atomic mass is 32.1. The fraction of sp³-hybridized carbons (Fsp3) is 0.235. The van der Waals surface area contributed by atoms with Gasteiger partial charge in [-0.1, -0.05) is 6.07 Å². The van der Waals surface area contributed by atoms with Gasteiger partial charge in [0.05, 0.1) is 19.2 Å². The van der Waals surface area contributed by atoms with Crippen molar-refractivity contribution < 1.29 is 9.53 Å². The predicted molar refractivity (Wildman–Crippen MR) is 96.9 cm³/mol. The summed E-state index contributed by atoms with van der Waals surface area (Å²) in [5.41, 5.74) is 2.28. The van der Waals surface area contributed by atoms with Crippen LogP contribution in [0.15, 0.2) is 34.4 Å². The van der Waals surface area contributed by atoms with Crippen LogP contribution in [0.1, 0.15) is 17.0 Å². The molecule has 0 aliphatic heterocycles. The molecule has 0 aliphatic carbocycles. The van der Waals surface area contributed by atoms with Crippen LogP contribution in [0.2, 0.25) is 0 Å². The molecule has 0 bridgehead atoms. The lowest BCUT2D eigenvalue weighted by molar-refractivity contribution is -0.115. The number of aromatic amines is 1. The van der Waals surface area contributed by atoms with Crippen molar-refractivity contribution in [1.29, 1.82) is 0 Å². The van der Waals surface area contributed by atoms with Gasteiger partial charge in [0, 0.05) is 28.4 Å². The summed E-state index contributed by atoms with van der Waals surface area (Å²) in [7, 11) is 1.56. The van der Waals surface area contributed by atoms with Crippen molar-refractivity contribution in [3.63, 3.8) is 0 Å². The summed E-state index contributed by atoms with van der Waals surface area (Å²) < 4.78 is 6.51.